The smallest absolute Gasteiger partial charge is 0.277 e. The summed E-state index contributed by atoms with van der Waals surface area (Å²) in [5, 5.41) is 7.35. The van der Waals surface area contributed by atoms with Crippen molar-refractivity contribution < 1.29 is 9.53 Å². The highest BCUT2D eigenvalue weighted by molar-refractivity contribution is 5.90. The Balaban J connectivity index is 1.60. The molecule has 140 valence electrons. The molecule has 1 N–H and O–H groups in total. The van der Waals surface area contributed by atoms with Crippen molar-refractivity contribution >= 4 is 17.1 Å². The van der Waals surface area contributed by atoms with Gasteiger partial charge in [0, 0.05) is 29.7 Å². The molecule has 2 aromatic heterocycles. The summed E-state index contributed by atoms with van der Waals surface area (Å²) < 4.78 is 8.25. The van der Waals surface area contributed by atoms with Gasteiger partial charge in [0.15, 0.2) is 0 Å². The molecule has 1 aliphatic rings. The summed E-state index contributed by atoms with van der Waals surface area (Å²) in [7, 11) is 1.57. The number of carbonyl (C=O) groups excluding carboxylic acids is 1. The summed E-state index contributed by atoms with van der Waals surface area (Å²) >= 11 is 0. The van der Waals surface area contributed by atoms with E-state index in [1.54, 1.807) is 48.3 Å². The lowest BCUT2D eigenvalue weighted by Crippen LogP contribution is -2.28. The van der Waals surface area contributed by atoms with E-state index in [0.717, 1.165) is 30.5 Å². The van der Waals surface area contributed by atoms with Crippen LogP contribution in [-0.4, -0.2) is 27.2 Å². The fraction of sp³-hybridized carbons (Fsp3) is 0.350. The van der Waals surface area contributed by atoms with Crippen LogP contribution in [0.3, 0.4) is 0 Å². The van der Waals surface area contributed by atoms with Gasteiger partial charge >= 0.3 is 0 Å². The second-order valence-electron chi connectivity index (χ2n) is 7.08. The molecule has 27 heavy (non-hydrogen) atoms. The molecule has 1 aromatic carbocycles. The highest BCUT2D eigenvalue weighted by Gasteiger charge is 2.23. The molecular formula is C20H22N4O3. The highest BCUT2D eigenvalue weighted by Crippen LogP contribution is 2.26. The predicted molar refractivity (Wildman–Crippen MR) is 102 cm³/mol. The number of fused-ring (bicyclic) bond motifs is 3. The normalized spacial score (nSPS) is 16.1. The maximum Gasteiger partial charge on any atom is 0.277 e. The van der Waals surface area contributed by atoms with Gasteiger partial charge < -0.3 is 14.6 Å². The van der Waals surface area contributed by atoms with Gasteiger partial charge in [0.2, 0.25) is 5.91 Å². The van der Waals surface area contributed by atoms with Gasteiger partial charge in [-0.15, -0.1) is 0 Å². The molecule has 0 fully saturated rings. The third-order valence-electron chi connectivity index (χ3n) is 5.04. The third-order valence-corrected chi connectivity index (χ3v) is 5.04. The highest BCUT2D eigenvalue weighted by atomic mass is 16.5. The average Bonchev–Trinajstić information content (AvgIpc) is 3.02. The van der Waals surface area contributed by atoms with Crippen LogP contribution in [0, 0.1) is 5.92 Å². The summed E-state index contributed by atoms with van der Waals surface area (Å²) in [6.45, 7) is 2.14. The zero-order valence-corrected chi connectivity index (χ0v) is 15.4. The van der Waals surface area contributed by atoms with Gasteiger partial charge in [-0.05, 0) is 37.3 Å². The first kappa shape index (κ1) is 17.3. The lowest BCUT2D eigenvalue weighted by Gasteiger charge is -2.16. The standard InChI is InChI=1S/C20H22N4O3/c1-13-6-7-17-16(10-13)19-20(26)23(8-9-24(19)22-17)12-18(25)21-14-4-3-5-15(11-14)27-2/h3-5,8-9,11,13H,6-7,10,12H2,1-2H3,(H,21,25). The van der Waals surface area contributed by atoms with E-state index in [1.807, 2.05) is 0 Å². The number of nitrogens with one attached hydrogen (secondary N) is 1. The molecule has 2 heterocycles. The number of ether oxygens (including phenoxy) is 1. The first-order valence-electron chi connectivity index (χ1n) is 9.08. The number of methoxy groups -OCH3 is 1. The second-order valence-corrected chi connectivity index (χ2v) is 7.08. The number of aryl methyl sites for hydroxylation is 1. The Labute approximate surface area is 156 Å². The third kappa shape index (κ3) is 3.32. The van der Waals surface area contributed by atoms with E-state index < -0.39 is 0 Å². The van der Waals surface area contributed by atoms with Gasteiger partial charge in [-0.1, -0.05) is 13.0 Å². The minimum Gasteiger partial charge on any atom is -0.497 e. The number of aromatic nitrogens is 3. The van der Waals surface area contributed by atoms with E-state index in [0.29, 0.717) is 22.9 Å². The Morgan fingerprint density at radius 3 is 3.04 bits per heavy atom. The number of rotatable bonds is 4. The first-order chi connectivity index (χ1) is 13.0. The van der Waals surface area contributed by atoms with Crippen LogP contribution in [0.15, 0.2) is 41.5 Å². The molecule has 1 amide bonds. The van der Waals surface area contributed by atoms with Crippen molar-refractivity contribution in [3.8, 4) is 5.75 Å². The van der Waals surface area contributed by atoms with Crippen LogP contribution >= 0.6 is 0 Å². The van der Waals surface area contributed by atoms with Gasteiger partial charge in [-0.25, -0.2) is 4.52 Å². The van der Waals surface area contributed by atoms with Gasteiger partial charge in [-0.2, -0.15) is 5.10 Å². The van der Waals surface area contributed by atoms with Crippen molar-refractivity contribution in [3.63, 3.8) is 0 Å². The lowest BCUT2D eigenvalue weighted by molar-refractivity contribution is -0.116. The van der Waals surface area contributed by atoms with Crippen LogP contribution in [0.5, 0.6) is 5.75 Å². The number of hydrogen-bond acceptors (Lipinski definition) is 4. The molecule has 7 heteroatoms. The Morgan fingerprint density at radius 1 is 1.37 bits per heavy atom. The second kappa shape index (κ2) is 6.90. The summed E-state index contributed by atoms with van der Waals surface area (Å²) in [5.74, 6) is 0.928. The molecule has 0 aliphatic heterocycles. The zero-order valence-electron chi connectivity index (χ0n) is 15.4. The number of carbonyl (C=O) groups is 1. The minimum atomic E-state index is -0.267. The summed E-state index contributed by atoms with van der Waals surface area (Å²) in [4.78, 5) is 25.4. The number of amides is 1. The number of nitrogens with zero attached hydrogens (tertiary/aromatic N) is 3. The molecule has 1 aliphatic carbocycles. The molecule has 0 saturated heterocycles. The van der Waals surface area contributed by atoms with Crippen LogP contribution in [0.1, 0.15) is 24.6 Å². The summed E-state index contributed by atoms with van der Waals surface area (Å²) in [6.07, 6.45) is 6.21. The van der Waals surface area contributed by atoms with E-state index in [4.69, 9.17) is 4.74 Å². The quantitative estimate of drug-likeness (QED) is 0.768. The molecule has 0 saturated carbocycles. The Kier molecular flexibility index (Phi) is 4.43. The molecule has 0 bridgehead atoms. The molecule has 4 rings (SSSR count). The van der Waals surface area contributed by atoms with Gasteiger partial charge in [-0.3, -0.25) is 9.59 Å². The van der Waals surface area contributed by atoms with E-state index >= 15 is 0 Å². The molecule has 7 nitrogen and oxygen atoms in total. The van der Waals surface area contributed by atoms with Crippen molar-refractivity contribution in [2.75, 3.05) is 12.4 Å². The molecular weight excluding hydrogens is 344 g/mol. The minimum absolute atomic E-state index is 0.0535. The molecule has 3 aromatic rings. The predicted octanol–water partition coefficient (Wildman–Crippen LogP) is 2.27. The maximum atomic E-state index is 13.0. The molecule has 1 atom stereocenters. The number of anilines is 1. The van der Waals surface area contributed by atoms with Crippen molar-refractivity contribution in [2.24, 2.45) is 5.92 Å². The van der Waals surface area contributed by atoms with Crippen LogP contribution < -0.4 is 15.6 Å². The zero-order chi connectivity index (χ0) is 19.0. The van der Waals surface area contributed by atoms with E-state index in [-0.39, 0.29) is 18.0 Å². The Morgan fingerprint density at radius 2 is 2.22 bits per heavy atom. The van der Waals surface area contributed by atoms with E-state index in [9.17, 15) is 9.59 Å². The van der Waals surface area contributed by atoms with Gasteiger partial charge in [0.25, 0.3) is 5.56 Å². The van der Waals surface area contributed by atoms with Gasteiger partial charge in [0.1, 0.15) is 17.8 Å². The monoisotopic (exact) mass is 366 g/mol. The first-order valence-corrected chi connectivity index (χ1v) is 9.08. The molecule has 1 unspecified atom stereocenters. The van der Waals surface area contributed by atoms with Crippen molar-refractivity contribution in [3.05, 3.63) is 58.3 Å². The largest absolute Gasteiger partial charge is 0.497 e. The van der Waals surface area contributed by atoms with Crippen LogP contribution in [-0.2, 0) is 24.2 Å². The summed E-state index contributed by atoms with van der Waals surface area (Å²) in [6, 6.07) is 7.12. The fourth-order valence-electron chi connectivity index (χ4n) is 3.63. The van der Waals surface area contributed by atoms with Crippen LogP contribution in [0.4, 0.5) is 5.69 Å². The van der Waals surface area contributed by atoms with E-state index in [2.05, 4.69) is 17.3 Å². The van der Waals surface area contributed by atoms with Crippen molar-refractivity contribution in [1.82, 2.24) is 14.2 Å². The van der Waals surface area contributed by atoms with Crippen molar-refractivity contribution in [2.45, 2.75) is 32.7 Å². The van der Waals surface area contributed by atoms with Crippen LogP contribution in [0.2, 0.25) is 0 Å². The number of benzene rings is 1. The Bertz CT molecular complexity index is 1070. The molecule has 0 spiro atoms. The van der Waals surface area contributed by atoms with Crippen molar-refractivity contribution in [1.29, 1.82) is 0 Å². The van der Waals surface area contributed by atoms with Crippen LogP contribution in [0.25, 0.3) is 5.52 Å². The lowest BCUT2D eigenvalue weighted by atomic mass is 9.88. The maximum absolute atomic E-state index is 13.0. The molecule has 0 radical (unpaired) electrons. The summed E-state index contributed by atoms with van der Waals surface area (Å²) in [5.41, 5.74) is 3.07. The average molecular weight is 366 g/mol. The van der Waals surface area contributed by atoms with Gasteiger partial charge in [0.05, 0.1) is 12.8 Å². The fourth-order valence-corrected chi connectivity index (χ4v) is 3.63. The van der Waals surface area contributed by atoms with E-state index in [1.165, 1.54) is 4.57 Å². The topological polar surface area (TPSA) is 77.6 Å². The Hall–Kier alpha value is -3.09. The number of hydrogen-bond donors (Lipinski definition) is 1. The SMILES string of the molecule is COc1cccc(NC(=O)Cn2ccn3nc4c(c3c2=O)CC(C)CC4)c1.